The fraction of sp³-hybridized carbons (Fsp3) is 0.250. The molecule has 0 aliphatic heterocycles. The molecule has 0 spiro atoms. The molecule has 0 fully saturated rings. The van der Waals surface area contributed by atoms with Gasteiger partial charge in [-0.3, -0.25) is 0 Å². The van der Waals surface area contributed by atoms with Gasteiger partial charge in [0.05, 0.1) is 0 Å². The summed E-state index contributed by atoms with van der Waals surface area (Å²) in [5.74, 6) is 0. The molecular formula is C12H18MoO3. The van der Waals surface area contributed by atoms with Crippen LogP contribution in [0.3, 0.4) is 0 Å². The third kappa shape index (κ3) is 15.4. The molecule has 0 saturated carbocycles. The van der Waals surface area contributed by atoms with E-state index in [1.54, 1.807) is 0 Å². The number of rotatable bonds is 0. The first-order valence-electron chi connectivity index (χ1n) is 4.10. The number of carbonyl (C=O) groups is 3. The van der Waals surface area contributed by atoms with Crippen LogP contribution in [0.5, 0.6) is 0 Å². The molecule has 16 heavy (non-hydrogen) atoms. The van der Waals surface area contributed by atoms with Gasteiger partial charge in [-0.2, -0.15) is 0 Å². The first-order valence-corrected chi connectivity index (χ1v) is 4.10. The van der Waals surface area contributed by atoms with Gasteiger partial charge < -0.3 is 14.4 Å². The smallest absolute Gasteiger partial charge is 0.106 e. The Morgan fingerprint density at radius 2 is 0.750 bits per heavy atom. The second-order valence-electron chi connectivity index (χ2n) is 2.67. The zero-order chi connectivity index (χ0) is 12.9. The fourth-order valence-electron chi connectivity index (χ4n) is 1.20. The maximum absolute atomic E-state index is 8.00. The first-order chi connectivity index (χ1) is 7.18. The van der Waals surface area contributed by atoms with E-state index in [1.165, 1.54) is 16.7 Å². The van der Waals surface area contributed by atoms with Crippen molar-refractivity contribution in [1.82, 2.24) is 0 Å². The van der Waals surface area contributed by atoms with Gasteiger partial charge in [0, 0.05) is 21.1 Å². The summed E-state index contributed by atoms with van der Waals surface area (Å²) in [6.45, 7) is 12.4. The van der Waals surface area contributed by atoms with Gasteiger partial charge in [0.25, 0.3) is 0 Å². The molecule has 90 valence electrons. The Labute approximate surface area is 112 Å². The Bertz CT molecular complexity index is 209. The molecule has 0 amide bonds. The molecule has 0 saturated heterocycles. The van der Waals surface area contributed by atoms with Gasteiger partial charge in [0.15, 0.2) is 0 Å². The summed E-state index contributed by atoms with van der Waals surface area (Å²) >= 11 is 0. The maximum Gasteiger partial charge on any atom is 0.106 e. The molecule has 4 heteroatoms. The van der Waals surface area contributed by atoms with Crippen molar-refractivity contribution < 1.29 is 35.4 Å². The third-order valence-corrected chi connectivity index (χ3v) is 1.37. The predicted molar refractivity (Wildman–Crippen MR) is 62.0 cm³/mol. The molecular weight excluding hydrogens is 288 g/mol. The van der Waals surface area contributed by atoms with Crippen LogP contribution >= 0.6 is 0 Å². The summed E-state index contributed by atoms with van der Waals surface area (Å²) in [4.78, 5) is 24.0. The number of carbonyl (C=O) groups excluding carboxylic acids is 3. The second-order valence-corrected chi connectivity index (χ2v) is 2.67. The number of hydrogen-bond donors (Lipinski definition) is 0. The van der Waals surface area contributed by atoms with Crippen LogP contribution in [0.15, 0.2) is 18.2 Å². The van der Waals surface area contributed by atoms with Crippen molar-refractivity contribution in [2.75, 3.05) is 0 Å². The number of hydrogen-bond acceptors (Lipinski definition) is 3. The minimum Gasteiger partial charge on any atom is -0.307 e. The standard InChI is InChI=1S/C9H12.3CH2O.Mo/c1-7-4-8(2)6-9(3)5-7;3*1-2;/h4-6H,1-3H3;3*1H2;. The van der Waals surface area contributed by atoms with Crippen LogP contribution in [0.25, 0.3) is 0 Å². The average molecular weight is 306 g/mol. The van der Waals surface area contributed by atoms with Gasteiger partial charge in [-0.05, 0) is 20.8 Å². The van der Waals surface area contributed by atoms with E-state index >= 15 is 0 Å². The van der Waals surface area contributed by atoms with Crippen molar-refractivity contribution in [3.05, 3.63) is 34.9 Å². The monoisotopic (exact) mass is 308 g/mol. The van der Waals surface area contributed by atoms with Crippen molar-refractivity contribution in [3.63, 3.8) is 0 Å². The van der Waals surface area contributed by atoms with E-state index in [0.29, 0.717) is 0 Å². The SMILES string of the molecule is C=O.C=O.C=O.Cc1cc(C)cc(C)c1.[Mo]. The average Bonchev–Trinajstić information content (AvgIpc) is 2.24. The quantitative estimate of drug-likeness (QED) is 0.689. The van der Waals surface area contributed by atoms with Crippen molar-refractivity contribution in [2.24, 2.45) is 0 Å². The Kier molecular flexibility index (Phi) is 29.5. The first kappa shape index (κ1) is 24.2. The van der Waals surface area contributed by atoms with Gasteiger partial charge in [-0.1, -0.05) is 34.9 Å². The zero-order valence-corrected chi connectivity index (χ0v) is 12.0. The molecule has 0 radical (unpaired) electrons. The Hall–Kier alpha value is -1.08. The molecule has 1 rings (SSSR count). The second kappa shape index (κ2) is 19.5. The maximum atomic E-state index is 8.00. The molecule has 0 unspecified atom stereocenters. The minimum atomic E-state index is 0. The molecule has 0 bridgehead atoms. The predicted octanol–water partition coefficient (Wildman–Crippen LogP) is 2.05. The van der Waals surface area contributed by atoms with Gasteiger partial charge in [0.2, 0.25) is 0 Å². The summed E-state index contributed by atoms with van der Waals surface area (Å²) in [6, 6.07) is 6.56. The molecule has 0 aliphatic rings. The topological polar surface area (TPSA) is 51.2 Å². The summed E-state index contributed by atoms with van der Waals surface area (Å²) in [6.07, 6.45) is 0. The summed E-state index contributed by atoms with van der Waals surface area (Å²) in [5.41, 5.74) is 4.06. The van der Waals surface area contributed by atoms with Crippen LogP contribution in [0.4, 0.5) is 0 Å². The van der Waals surface area contributed by atoms with E-state index in [-0.39, 0.29) is 21.1 Å². The molecule has 0 heterocycles. The molecule has 0 atom stereocenters. The normalized spacial score (nSPS) is 6.19. The van der Waals surface area contributed by atoms with Crippen LogP contribution < -0.4 is 0 Å². The van der Waals surface area contributed by atoms with Crippen molar-refractivity contribution in [3.8, 4) is 0 Å². The molecule has 3 nitrogen and oxygen atoms in total. The fourth-order valence-corrected chi connectivity index (χ4v) is 1.20. The molecule has 0 aromatic heterocycles. The Morgan fingerprint density at radius 1 is 0.625 bits per heavy atom. The zero-order valence-electron chi connectivity index (χ0n) is 9.99. The van der Waals surface area contributed by atoms with Crippen molar-refractivity contribution in [1.29, 1.82) is 0 Å². The molecule has 0 N–H and O–H groups in total. The van der Waals surface area contributed by atoms with E-state index in [1.807, 2.05) is 20.4 Å². The van der Waals surface area contributed by atoms with Crippen LogP contribution in [-0.4, -0.2) is 20.4 Å². The minimum absolute atomic E-state index is 0. The van der Waals surface area contributed by atoms with Gasteiger partial charge in [-0.25, -0.2) is 0 Å². The van der Waals surface area contributed by atoms with Gasteiger partial charge in [0.1, 0.15) is 20.4 Å². The summed E-state index contributed by atoms with van der Waals surface area (Å²) in [5, 5.41) is 0. The van der Waals surface area contributed by atoms with Gasteiger partial charge >= 0.3 is 0 Å². The van der Waals surface area contributed by atoms with E-state index in [0.717, 1.165) is 0 Å². The summed E-state index contributed by atoms with van der Waals surface area (Å²) in [7, 11) is 0. The van der Waals surface area contributed by atoms with Crippen LogP contribution in [0, 0.1) is 20.8 Å². The van der Waals surface area contributed by atoms with E-state index in [9.17, 15) is 0 Å². The largest absolute Gasteiger partial charge is 0.307 e. The van der Waals surface area contributed by atoms with E-state index < -0.39 is 0 Å². The van der Waals surface area contributed by atoms with E-state index in [4.69, 9.17) is 14.4 Å². The Balaban J connectivity index is -0.0000000900. The Morgan fingerprint density at radius 3 is 0.875 bits per heavy atom. The number of aryl methyl sites for hydroxylation is 3. The van der Waals surface area contributed by atoms with Crippen LogP contribution in [0.2, 0.25) is 0 Å². The molecule has 0 aliphatic carbocycles. The number of benzene rings is 1. The van der Waals surface area contributed by atoms with Crippen LogP contribution in [0.1, 0.15) is 16.7 Å². The van der Waals surface area contributed by atoms with Crippen molar-refractivity contribution >= 4 is 20.4 Å². The van der Waals surface area contributed by atoms with Gasteiger partial charge in [-0.15, -0.1) is 0 Å². The summed E-state index contributed by atoms with van der Waals surface area (Å²) < 4.78 is 0. The van der Waals surface area contributed by atoms with E-state index in [2.05, 4.69) is 39.0 Å². The molecule has 1 aromatic carbocycles. The van der Waals surface area contributed by atoms with Crippen LogP contribution in [-0.2, 0) is 35.4 Å². The molecule has 1 aromatic rings. The van der Waals surface area contributed by atoms with Crippen molar-refractivity contribution in [2.45, 2.75) is 20.8 Å². The third-order valence-electron chi connectivity index (χ3n) is 1.37.